The summed E-state index contributed by atoms with van der Waals surface area (Å²) in [5.74, 6) is 0.376. The number of carbonyl (C=O) groups excluding carboxylic acids is 1. The van der Waals surface area contributed by atoms with Gasteiger partial charge in [-0.3, -0.25) is 4.90 Å². The molecule has 0 amide bonds. The fraction of sp³-hybridized carbons (Fsp3) is 0.816. The van der Waals surface area contributed by atoms with Crippen LogP contribution >= 0.6 is 0 Å². The minimum Gasteiger partial charge on any atom is -0.434 e. The smallest absolute Gasteiger partial charge is 0.434 e. The second-order valence-electron chi connectivity index (χ2n) is 14.8. The molecule has 8 atom stereocenters. The Bertz CT molecular complexity index is 1300. The van der Waals surface area contributed by atoms with E-state index in [2.05, 4.69) is 26.8 Å². The zero-order valence-corrected chi connectivity index (χ0v) is 33.1. The third kappa shape index (κ3) is 15.9. The molecule has 0 spiro atoms. The minimum atomic E-state index is -1.12. The Kier molecular flexibility index (Phi) is 20.3. The molecule has 1 aliphatic carbocycles. The molecular weight excluding hydrogens is 736 g/mol. The maximum absolute atomic E-state index is 13.0. The van der Waals surface area contributed by atoms with E-state index in [0.29, 0.717) is 70.9 Å². The summed E-state index contributed by atoms with van der Waals surface area (Å²) in [7, 11) is 1.74. The molecular formula is C38H62N4O14. The fourth-order valence-corrected chi connectivity index (χ4v) is 7.74. The lowest BCUT2D eigenvalue weighted by atomic mass is 9.82. The topological polar surface area (TPSA) is 202 Å². The van der Waals surface area contributed by atoms with Gasteiger partial charge in [0.2, 0.25) is 0 Å². The molecule has 0 radical (unpaired) electrons. The number of carbonyl (C=O) groups is 1. The molecule has 8 unspecified atom stereocenters. The first-order chi connectivity index (χ1) is 27.2. The van der Waals surface area contributed by atoms with Gasteiger partial charge in [0.25, 0.3) is 10.2 Å². The number of rotatable bonds is 26. The summed E-state index contributed by atoms with van der Waals surface area (Å²) in [4.78, 5) is 45.5. The van der Waals surface area contributed by atoms with E-state index < -0.39 is 35.1 Å². The highest BCUT2D eigenvalue weighted by atomic mass is 17.0. The summed E-state index contributed by atoms with van der Waals surface area (Å²) in [6, 6.07) is 8.51. The number of nitrogens with zero attached hydrogens (tertiary/aromatic N) is 3. The highest BCUT2D eigenvalue weighted by Gasteiger charge is 2.41. The van der Waals surface area contributed by atoms with Crippen molar-refractivity contribution in [1.82, 2.24) is 10.2 Å². The average Bonchev–Trinajstić information content (AvgIpc) is 3.18. The number of benzene rings is 1. The van der Waals surface area contributed by atoms with E-state index in [9.17, 15) is 25.0 Å². The number of piperidine rings is 1. The maximum atomic E-state index is 13.0. The van der Waals surface area contributed by atoms with E-state index in [-0.39, 0.29) is 37.1 Å². The molecule has 1 saturated carbocycles. The zero-order valence-electron chi connectivity index (χ0n) is 33.1. The third-order valence-electron chi connectivity index (χ3n) is 10.5. The summed E-state index contributed by atoms with van der Waals surface area (Å²) in [6.07, 6.45) is 2.16. The second kappa shape index (κ2) is 25.1. The molecule has 18 nitrogen and oxygen atoms in total. The van der Waals surface area contributed by atoms with Crippen LogP contribution in [0.2, 0.25) is 0 Å². The van der Waals surface area contributed by atoms with Gasteiger partial charge in [-0.15, -0.1) is 20.2 Å². The van der Waals surface area contributed by atoms with Gasteiger partial charge in [-0.05, 0) is 68.9 Å². The van der Waals surface area contributed by atoms with Crippen LogP contribution in [0, 0.1) is 32.1 Å². The van der Waals surface area contributed by atoms with Gasteiger partial charge in [0.1, 0.15) is 18.8 Å². The zero-order chi connectivity index (χ0) is 40.1. The molecule has 0 bridgehead atoms. The van der Waals surface area contributed by atoms with Crippen molar-refractivity contribution < 1.29 is 57.8 Å². The Morgan fingerprint density at radius 1 is 1.00 bits per heavy atom. The molecule has 3 fully saturated rings. The number of ether oxygens (including phenoxy) is 7. The van der Waals surface area contributed by atoms with Crippen molar-refractivity contribution in [2.75, 3.05) is 86.1 Å². The molecule has 2 aliphatic heterocycles. The predicted octanol–water partition coefficient (Wildman–Crippen LogP) is 4.33. The molecule has 2 saturated heterocycles. The summed E-state index contributed by atoms with van der Waals surface area (Å²) in [5.41, 5.74) is 2.00. The highest BCUT2D eigenvalue weighted by Crippen LogP contribution is 2.35. The van der Waals surface area contributed by atoms with Crippen LogP contribution in [0.5, 0.6) is 0 Å². The van der Waals surface area contributed by atoms with E-state index in [4.69, 9.17) is 33.2 Å². The molecule has 318 valence electrons. The van der Waals surface area contributed by atoms with Crippen molar-refractivity contribution in [2.24, 2.45) is 11.8 Å². The fourth-order valence-electron chi connectivity index (χ4n) is 7.74. The van der Waals surface area contributed by atoms with Crippen LogP contribution in [-0.4, -0.2) is 138 Å². The molecule has 1 aromatic carbocycles. The molecule has 2 heterocycles. The Hall–Kier alpha value is -3.39. The third-order valence-corrected chi connectivity index (χ3v) is 10.5. The van der Waals surface area contributed by atoms with Crippen molar-refractivity contribution in [3.05, 3.63) is 55.6 Å². The minimum absolute atomic E-state index is 0.0151. The van der Waals surface area contributed by atoms with Crippen LogP contribution in [0.25, 0.3) is 0 Å². The van der Waals surface area contributed by atoms with Gasteiger partial charge in [-0.25, -0.2) is 4.79 Å². The van der Waals surface area contributed by atoms with Crippen molar-refractivity contribution in [3.8, 4) is 0 Å². The molecule has 3 aliphatic rings. The predicted molar refractivity (Wildman–Crippen MR) is 201 cm³/mol. The quantitative estimate of drug-likeness (QED) is 0.0600. The van der Waals surface area contributed by atoms with E-state index in [1.54, 1.807) is 7.11 Å². The Morgan fingerprint density at radius 2 is 1.79 bits per heavy atom. The molecule has 0 aromatic heterocycles. The number of hydrogen-bond acceptors (Lipinski definition) is 16. The number of unbranched alkanes of at least 4 members (excludes halogenated alkanes) is 1. The van der Waals surface area contributed by atoms with Crippen molar-refractivity contribution in [2.45, 2.75) is 102 Å². The lowest BCUT2D eigenvalue weighted by molar-refractivity contribution is -0.790. The first kappa shape index (κ1) is 45.3. The van der Waals surface area contributed by atoms with Crippen molar-refractivity contribution >= 4 is 6.16 Å². The first-order valence-corrected chi connectivity index (χ1v) is 20.0. The van der Waals surface area contributed by atoms with Gasteiger partial charge in [0.05, 0.1) is 45.2 Å². The number of morpholine rings is 1. The van der Waals surface area contributed by atoms with Gasteiger partial charge in [0.15, 0.2) is 0 Å². The van der Waals surface area contributed by atoms with Gasteiger partial charge in [-0.1, -0.05) is 31.2 Å². The average molecular weight is 799 g/mol. The molecule has 4 rings (SSSR count). The number of methoxy groups -OCH3 is 1. The van der Waals surface area contributed by atoms with Gasteiger partial charge >= 0.3 is 6.16 Å². The summed E-state index contributed by atoms with van der Waals surface area (Å²) in [5, 5.41) is 22.6. The van der Waals surface area contributed by atoms with E-state index in [1.165, 1.54) is 0 Å². The van der Waals surface area contributed by atoms with Crippen LogP contribution in [0.1, 0.15) is 75.8 Å². The van der Waals surface area contributed by atoms with Crippen molar-refractivity contribution in [3.63, 3.8) is 0 Å². The number of nitrogens with one attached hydrogen (secondary N) is 1. The lowest BCUT2D eigenvalue weighted by Gasteiger charge is -2.46. The van der Waals surface area contributed by atoms with Gasteiger partial charge < -0.3 is 48.2 Å². The van der Waals surface area contributed by atoms with Crippen LogP contribution in [0.4, 0.5) is 4.79 Å². The summed E-state index contributed by atoms with van der Waals surface area (Å²) in [6.45, 7) is 10.8. The van der Waals surface area contributed by atoms with E-state index in [0.717, 1.165) is 63.1 Å². The van der Waals surface area contributed by atoms with Crippen molar-refractivity contribution in [1.29, 1.82) is 0 Å². The molecule has 18 heteroatoms. The SMILES string of the molecule is CCOCC(C)COCc1ccc(C2C(OCC3CCC4OCCN(CCCOC)C4C3)CNCC2OC(=O)OCCCCC(CO[N+](=O)[O-])O[N+](=O)[O-])cc1. The number of hydrogen-bond donors (Lipinski definition) is 1. The standard InChI is InChI=1S/C38H62N4O14/c1-4-49-23-28(2)24-50-25-29-9-12-31(13-10-29)37-35(53-26-30-11-14-34-33(20-30)40(16-19-51-34)15-7-17-48-3)21-39-22-36(37)55-38(43)52-18-6-5-8-32(56-42(46)47)27-54-41(44)45/h9-10,12-13,28,30,32-37,39H,4-8,11,14-27H2,1-3H3. The van der Waals surface area contributed by atoms with Crippen LogP contribution < -0.4 is 5.32 Å². The number of fused-ring (bicyclic) bond motifs is 1. The Labute approximate surface area is 329 Å². The van der Waals surface area contributed by atoms with E-state index in [1.807, 2.05) is 31.2 Å². The normalized spacial score (nSPS) is 25.1. The van der Waals surface area contributed by atoms with Crippen LogP contribution in [0.3, 0.4) is 0 Å². The Balaban J connectivity index is 1.36. The molecule has 1 aromatic rings. The van der Waals surface area contributed by atoms with Gasteiger partial charge in [-0.2, -0.15) is 0 Å². The summed E-state index contributed by atoms with van der Waals surface area (Å²) < 4.78 is 41.0. The molecule has 1 N–H and O–H groups in total. The lowest BCUT2D eigenvalue weighted by Crippen LogP contribution is -2.55. The molecule has 56 heavy (non-hydrogen) atoms. The Morgan fingerprint density at radius 3 is 2.54 bits per heavy atom. The first-order valence-electron chi connectivity index (χ1n) is 20.0. The maximum Gasteiger partial charge on any atom is 0.508 e. The van der Waals surface area contributed by atoms with E-state index >= 15 is 0 Å². The highest BCUT2D eigenvalue weighted by molar-refractivity contribution is 5.60. The summed E-state index contributed by atoms with van der Waals surface area (Å²) >= 11 is 0. The van der Waals surface area contributed by atoms with Crippen LogP contribution in [-0.2, 0) is 49.4 Å². The van der Waals surface area contributed by atoms with Gasteiger partial charge in [0, 0.05) is 71.0 Å². The second-order valence-corrected chi connectivity index (χ2v) is 14.8. The largest absolute Gasteiger partial charge is 0.508 e. The van der Waals surface area contributed by atoms with Crippen LogP contribution in [0.15, 0.2) is 24.3 Å². The monoisotopic (exact) mass is 798 g/mol.